The number of nitrogens with one attached hydrogen (secondary N) is 1. The maximum Gasteiger partial charge on any atom is 0.220 e. The summed E-state index contributed by atoms with van der Waals surface area (Å²) in [7, 11) is 0. The normalized spacial score (nSPS) is 9.88. The van der Waals surface area contributed by atoms with Gasteiger partial charge in [0, 0.05) is 13.0 Å². The molecule has 0 radical (unpaired) electrons. The van der Waals surface area contributed by atoms with Crippen LogP contribution in [0.15, 0.2) is 24.3 Å². The summed E-state index contributed by atoms with van der Waals surface area (Å²) in [5.74, 6) is 0.955. The van der Waals surface area contributed by atoms with Crippen molar-refractivity contribution in [2.24, 2.45) is 0 Å². The Balaban J connectivity index is 2.16. The SMILES string of the molecule is CCNC(=O)CCCOc1ccc(C)cc1. The number of ether oxygens (including phenoxy) is 1. The Labute approximate surface area is 96.8 Å². The molecule has 0 atom stereocenters. The molecule has 0 saturated heterocycles. The van der Waals surface area contributed by atoms with Crippen molar-refractivity contribution < 1.29 is 9.53 Å². The quantitative estimate of drug-likeness (QED) is 0.748. The minimum atomic E-state index is 0.0926. The van der Waals surface area contributed by atoms with Crippen LogP contribution in [0.2, 0.25) is 0 Å². The molecule has 1 N–H and O–H groups in total. The van der Waals surface area contributed by atoms with Crippen LogP contribution in [0.5, 0.6) is 5.75 Å². The van der Waals surface area contributed by atoms with Gasteiger partial charge >= 0.3 is 0 Å². The van der Waals surface area contributed by atoms with Gasteiger partial charge in [-0.3, -0.25) is 4.79 Å². The molecule has 1 aromatic rings. The van der Waals surface area contributed by atoms with E-state index in [9.17, 15) is 4.79 Å². The van der Waals surface area contributed by atoms with Crippen LogP contribution in [0.25, 0.3) is 0 Å². The Hall–Kier alpha value is -1.51. The molecule has 0 spiro atoms. The highest BCUT2D eigenvalue weighted by molar-refractivity contribution is 5.75. The van der Waals surface area contributed by atoms with Gasteiger partial charge in [-0.1, -0.05) is 17.7 Å². The number of carbonyl (C=O) groups excluding carboxylic acids is 1. The Morgan fingerprint density at radius 2 is 2.00 bits per heavy atom. The molecular weight excluding hydrogens is 202 g/mol. The molecule has 1 rings (SSSR count). The lowest BCUT2D eigenvalue weighted by Gasteiger charge is -2.06. The fourth-order valence-corrected chi connectivity index (χ4v) is 1.34. The lowest BCUT2D eigenvalue weighted by molar-refractivity contribution is -0.121. The van der Waals surface area contributed by atoms with E-state index >= 15 is 0 Å². The Morgan fingerprint density at radius 1 is 1.31 bits per heavy atom. The predicted molar refractivity (Wildman–Crippen MR) is 64.6 cm³/mol. The van der Waals surface area contributed by atoms with Crippen molar-refractivity contribution in [1.29, 1.82) is 0 Å². The summed E-state index contributed by atoms with van der Waals surface area (Å²) in [4.78, 5) is 11.1. The zero-order valence-corrected chi connectivity index (χ0v) is 9.95. The highest BCUT2D eigenvalue weighted by Crippen LogP contribution is 2.11. The largest absolute Gasteiger partial charge is 0.494 e. The van der Waals surface area contributed by atoms with E-state index in [0.29, 0.717) is 19.6 Å². The lowest BCUT2D eigenvalue weighted by atomic mass is 10.2. The summed E-state index contributed by atoms with van der Waals surface area (Å²) >= 11 is 0. The summed E-state index contributed by atoms with van der Waals surface area (Å²) < 4.78 is 5.51. The fourth-order valence-electron chi connectivity index (χ4n) is 1.34. The maximum atomic E-state index is 11.1. The number of benzene rings is 1. The summed E-state index contributed by atoms with van der Waals surface area (Å²) in [6.45, 7) is 5.23. The first-order chi connectivity index (χ1) is 7.72. The number of carbonyl (C=O) groups is 1. The summed E-state index contributed by atoms with van der Waals surface area (Å²) in [6, 6.07) is 7.92. The van der Waals surface area contributed by atoms with Crippen molar-refractivity contribution in [3.63, 3.8) is 0 Å². The topological polar surface area (TPSA) is 38.3 Å². The minimum absolute atomic E-state index is 0.0926. The van der Waals surface area contributed by atoms with Crippen molar-refractivity contribution in [2.75, 3.05) is 13.2 Å². The number of aryl methyl sites for hydroxylation is 1. The third-order valence-corrected chi connectivity index (χ3v) is 2.21. The first-order valence-corrected chi connectivity index (χ1v) is 5.68. The Bertz CT molecular complexity index is 319. The number of hydrogen-bond donors (Lipinski definition) is 1. The van der Waals surface area contributed by atoms with E-state index < -0.39 is 0 Å². The van der Waals surface area contributed by atoms with E-state index in [-0.39, 0.29) is 5.91 Å². The molecule has 0 aliphatic heterocycles. The molecule has 3 heteroatoms. The van der Waals surface area contributed by atoms with Crippen LogP contribution in [0.1, 0.15) is 25.3 Å². The van der Waals surface area contributed by atoms with Crippen molar-refractivity contribution in [1.82, 2.24) is 5.32 Å². The Morgan fingerprint density at radius 3 is 2.62 bits per heavy atom. The van der Waals surface area contributed by atoms with Crippen molar-refractivity contribution in [2.45, 2.75) is 26.7 Å². The van der Waals surface area contributed by atoms with Crippen LogP contribution in [0, 0.1) is 6.92 Å². The Kier molecular flexibility index (Phi) is 5.40. The molecule has 3 nitrogen and oxygen atoms in total. The van der Waals surface area contributed by atoms with Crippen molar-refractivity contribution >= 4 is 5.91 Å². The molecule has 0 unspecified atom stereocenters. The highest BCUT2D eigenvalue weighted by Gasteiger charge is 1.99. The van der Waals surface area contributed by atoms with Gasteiger partial charge in [0.05, 0.1) is 6.61 Å². The average molecular weight is 221 g/mol. The van der Waals surface area contributed by atoms with Gasteiger partial charge in [-0.25, -0.2) is 0 Å². The van der Waals surface area contributed by atoms with Gasteiger partial charge in [0.1, 0.15) is 5.75 Å². The summed E-state index contributed by atoms with van der Waals surface area (Å²) in [5.41, 5.74) is 1.22. The molecule has 88 valence electrons. The zero-order chi connectivity index (χ0) is 11.8. The van der Waals surface area contributed by atoms with E-state index in [2.05, 4.69) is 5.32 Å². The molecule has 0 aliphatic carbocycles. The molecule has 0 saturated carbocycles. The molecule has 1 amide bonds. The van der Waals surface area contributed by atoms with Gasteiger partial charge < -0.3 is 10.1 Å². The second-order valence-corrected chi connectivity index (χ2v) is 3.72. The molecule has 0 bridgehead atoms. The number of hydrogen-bond acceptors (Lipinski definition) is 2. The summed E-state index contributed by atoms with van der Waals surface area (Å²) in [5, 5.41) is 2.76. The fraction of sp³-hybridized carbons (Fsp3) is 0.462. The van der Waals surface area contributed by atoms with Crippen molar-refractivity contribution in [3.05, 3.63) is 29.8 Å². The van der Waals surface area contributed by atoms with Crippen molar-refractivity contribution in [3.8, 4) is 5.75 Å². The van der Waals surface area contributed by atoms with E-state index in [1.807, 2.05) is 38.1 Å². The van der Waals surface area contributed by atoms with E-state index in [1.54, 1.807) is 0 Å². The lowest BCUT2D eigenvalue weighted by Crippen LogP contribution is -2.22. The third-order valence-electron chi connectivity index (χ3n) is 2.21. The second kappa shape index (κ2) is 6.88. The van der Waals surface area contributed by atoms with Crippen LogP contribution in [0.4, 0.5) is 0 Å². The molecule has 0 aliphatic rings. The number of amides is 1. The van der Waals surface area contributed by atoms with E-state index in [0.717, 1.165) is 12.2 Å². The first-order valence-electron chi connectivity index (χ1n) is 5.68. The monoisotopic (exact) mass is 221 g/mol. The minimum Gasteiger partial charge on any atom is -0.494 e. The maximum absolute atomic E-state index is 11.1. The van der Waals surface area contributed by atoms with E-state index in [1.165, 1.54) is 5.56 Å². The van der Waals surface area contributed by atoms with Gasteiger partial charge in [0.15, 0.2) is 0 Å². The second-order valence-electron chi connectivity index (χ2n) is 3.72. The number of rotatable bonds is 6. The van der Waals surface area contributed by atoms with Gasteiger partial charge in [-0.05, 0) is 32.4 Å². The smallest absolute Gasteiger partial charge is 0.220 e. The van der Waals surface area contributed by atoms with Gasteiger partial charge in [-0.2, -0.15) is 0 Å². The summed E-state index contributed by atoms with van der Waals surface area (Å²) in [6.07, 6.45) is 1.28. The third kappa shape index (κ3) is 4.82. The molecule has 1 aromatic carbocycles. The first kappa shape index (κ1) is 12.6. The molecule has 16 heavy (non-hydrogen) atoms. The molecule has 0 heterocycles. The van der Waals surface area contributed by atoms with Gasteiger partial charge in [0.2, 0.25) is 5.91 Å². The predicted octanol–water partition coefficient (Wildman–Crippen LogP) is 2.29. The zero-order valence-electron chi connectivity index (χ0n) is 9.95. The molecule has 0 fully saturated rings. The van der Waals surface area contributed by atoms with Crippen LogP contribution < -0.4 is 10.1 Å². The average Bonchev–Trinajstić information content (AvgIpc) is 2.27. The standard InChI is InChI=1S/C13H19NO2/c1-3-14-13(15)5-4-10-16-12-8-6-11(2)7-9-12/h6-9H,3-5,10H2,1-2H3,(H,14,15). The highest BCUT2D eigenvalue weighted by atomic mass is 16.5. The van der Waals surface area contributed by atoms with Crippen LogP contribution in [-0.2, 0) is 4.79 Å². The molecular formula is C13H19NO2. The van der Waals surface area contributed by atoms with E-state index in [4.69, 9.17) is 4.74 Å². The van der Waals surface area contributed by atoms with Gasteiger partial charge in [0.25, 0.3) is 0 Å². The van der Waals surface area contributed by atoms with Gasteiger partial charge in [-0.15, -0.1) is 0 Å². The molecule has 0 aromatic heterocycles. The van der Waals surface area contributed by atoms with Crippen LogP contribution in [-0.4, -0.2) is 19.1 Å². The van der Waals surface area contributed by atoms with Crippen LogP contribution in [0.3, 0.4) is 0 Å². The van der Waals surface area contributed by atoms with Crippen LogP contribution >= 0.6 is 0 Å².